The van der Waals surface area contributed by atoms with Crippen molar-refractivity contribution in [3.63, 3.8) is 0 Å². The van der Waals surface area contributed by atoms with E-state index in [4.69, 9.17) is 19.9 Å². The fourth-order valence-corrected chi connectivity index (χ4v) is 9.99. The maximum atomic E-state index is 5.49. The fraction of sp³-hybridized carbons (Fsp3) is 0. The van der Waals surface area contributed by atoms with Crippen LogP contribution in [0.3, 0.4) is 0 Å². The van der Waals surface area contributed by atoms with Crippen LogP contribution in [0.2, 0.25) is 0 Å². The van der Waals surface area contributed by atoms with Crippen LogP contribution in [0.5, 0.6) is 0 Å². The van der Waals surface area contributed by atoms with E-state index in [1.807, 2.05) is 30.3 Å². The first kappa shape index (κ1) is 39.1. The maximum Gasteiger partial charge on any atom is 0.238 e. The average molecular weight is 869 g/mol. The molecule has 4 aromatic heterocycles. The normalized spacial score (nSPS) is 11.5. The van der Waals surface area contributed by atoms with E-state index in [9.17, 15) is 0 Å². The van der Waals surface area contributed by atoms with Crippen molar-refractivity contribution in [1.82, 2.24) is 29.1 Å². The van der Waals surface area contributed by atoms with Gasteiger partial charge >= 0.3 is 0 Å². The second-order valence-corrected chi connectivity index (χ2v) is 17.0. The molecule has 0 saturated heterocycles. The SMILES string of the molecule is c1ccc(-c2ccc(-c3nc(-c4ccccc4)nc(-n4c5ccccc5c5c(-c6ccccc6)c(-c6ccccc6)c6c7ccccc7n(-c7cccc(-c8ccccc8)n7)c6c54)n3)cc2)cc1. The van der Waals surface area contributed by atoms with Gasteiger partial charge in [-0.2, -0.15) is 9.97 Å². The van der Waals surface area contributed by atoms with Crippen LogP contribution in [-0.4, -0.2) is 29.1 Å². The van der Waals surface area contributed by atoms with Crippen LogP contribution in [0.15, 0.2) is 243 Å². The molecule has 0 radical (unpaired) electrons. The summed E-state index contributed by atoms with van der Waals surface area (Å²) in [5.74, 6) is 2.49. The van der Waals surface area contributed by atoms with E-state index < -0.39 is 0 Å². The van der Waals surface area contributed by atoms with E-state index >= 15 is 0 Å². The third-order valence-electron chi connectivity index (χ3n) is 13.0. The van der Waals surface area contributed by atoms with Crippen LogP contribution in [0.4, 0.5) is 0 Å². The van der Waals surface area contributed by atoms with E-state index in [2.05, 4.69) is 221 Å². The Morgan fingerprint density at radius 3 is 1.21 bits per heavy atom. The van der Waals surface area contributed by atoms with Crippen molar-refractivity contribution in [2.45, 2.75) is 0 Å². The zero-order valence-corrected chi connectivity index (χ0v) is 36.8. The lowest BCUT2D eigenvalue weighted by Gasteiger charge is -2.18. The van der Waals surface area contributed by atoms with Crippen molar-refractivity contribution in [2.75, 3.05) is 0 Å². The molecule has 0 fully saturated rings. The van der Waals surface area contributed by atoms with Gasteiger partial charge in [0.1, 0.15) is 5.82 Å². The van der Waals surface area contributed by atoms with Gasteiger partial charge in [0.15, 0.2) is 11.6 Å². The zero-order chi connectivity index (χ0) is 45.0. The van der Waals surface area contributed by atoms with Gasteiger partial charge in [-0.15, -0.1) is 0 Å². The topological polar surface area (TPSA) is 61.4 Å². The third kappa shape index (κ3) is 6.50. The number of fused-ring (bicyclic) bond motifs is 7. The number of hydrogen-bond acceptors (Lipinski definition) is 4. The van der Waals surface area contributed by atoms with Gasteiger partial charge in [-0.3, -0.25) is 9.13 Å². The summed E-state index contributed by atoms with van der Waals surface area (Å²) in [6, 6.07) is 85.0. The molecule has 0 spiro atoms. The van der Waals surface area contributed by atoms with Gasteiger partial charge < -0.3 is 0 Å². The van der Waals surface area contributed by atoms with Crippen molar-refractivity contribution < 1.29 is 0 Å². The minimum absolute atomic E-state index is 0.516. The summed E-state index contributed by atoms with van der Waals surface area (Å²) in [5, 5.41) is 4.41. The van der Waals surface area contributed by atoms with Crippen molar-refractivity contribution >= 4 is 43.6 Å². The molecule has 13 rings (SSSR count). The summed E-state index contributed by atoms with van der Waals surface area (Å²) < 4.78 is 4.64. The Balaban J connectivity index is 1.22. The van der Waals surface area contributed by atoms with E-state index in [1.165, 1.54) is 0 Å². The first-order valence-corrected chi connectivity index (χ1v) is 22.9. The molecular weight excluding hydrogens is 829 g/mol. The molecule has 6 heteroatoms. The molecule has 13 aromatic rings. The largest absolute Gasteiger partial charge is 0.292 e. The standard InChI is InChI=1S/C62H40N6/c1-6-21-41(22-7-1)42-37-39-47(40-38-42)61-64-60(46-29-14-5-15-30-46)65-62(66-61)68-52-35-19-17-32-49(52)57-55(45-27-12-4-13-28-45)54(44-25-10-3-11-26-44)56-48-31-16-18-34-51(48)67(58(56)59(57)68)53-36-20-33-50(63-53)43-23-8-2-9-24-43/h1-40H. The molecule has 0 saturated carbocycles. The highest BCUT2D eigenvalue weighted by Gasteiger charge is 2.30. The average Bonchev–Trinajstić information content (AvgIpc) is 3.95. The Labute approximate surface area is 392 Å². The highest BCUT2D eigenvalue weighted by atomic mass is 15.2. The predicted molar refractivity (Wildman–Crippen MR) is 279 cm³/mol. The van der Waals surface area contributed by atoms with Gasteiger partial charge in [-0.25, -0.2) is 9.97 Å². The molecule has 318 valence electrons. The van der Waals surface area contributed by atoms with Crippen LogP contribution < -0.4 is 0 Å². The second kappa shape index (κ2) is 16.3. The first-order valence-electron chi connectivity index (χ1n) is 22.9. The Morgan fingerprint density at radius 1 is 0.265 bits per heavy atom. The molecule has 0 unspecified atom stereocenters. The molecule has 68 heavy (non-hydrogen) atoms. The lowest BCUT2D eigenvalue weighted by Crippen LogP contribution is -2.08. The Morgan fingerprint density at radius 2 is 0.662 bits per heavy atom. The Bertz CT molecular complexity index is 3980. The molecule has 0 bridgehead atoms. The van der Waals surface area contributed by atoms with Gasteiger partial charge in [0.05, 0.1) is 27.8 Å². The molecule has 4 heterocycles. The number of rotatable bonds is 8. The highest BCUT2D eigenvalue weighted by Crippen LogP contribution is 2.52. The van der Waals surface area contributed by atoms with Crippen LogP contribution in [-0.2, 0) is 0 Å². The first-order chi connectivity index (χ1) is 33.8. The molecule has 9 aromatic carbocycles. The van der Waals surface area contributed by atoms with Crippen molar-refractivity contribution in [3.05, 3.63) is 243 Å². The number of para-hydroxylation sites is 2. The van der Waals surface area contributed by atoms with Gasteiger partial charge in [0.2, 0.25) is 5.95 Å². The lowest BCUT2D eigenvalue weighted by atomic mass is 9.87. The van der Waals surface area contributed by atoms with E-state index in [-0.39, 0.29) is 0 Å². The molecule has 0 N–H and O–H groups in total. The number of hydrogen-bond donors (Lipinski definition) is 0. The van der Waals surface area contributed by atoms with Gasteiger partial charge in [0, 0.05) is 49.4 Å². The second-order valence-electron chi connectivity index (χ2n) is 17.0. The van der Waals surface area contributed by atoms with E-state index in [0.29, 0.717) is 17.6 Å². The molecule has 0 aliphatic rings. The van der Waals surface area contributed by atoms with Gasteiger partial charge in [-0.05, 0) is 46.5 Å². The number of nitrogens with zero attached hydrogens (tertiary/aromatic N) is 6. The maximum absolute atomic E-state index is 5.49. The smallest absolute Gasteiger partial charge is 0.238 e. The lowest BCUT2D eigenvalue weighted by molar-refractivity contribution is 0.953. The van der Waals surface area contributed by atoms with Crippen molar-refractivity contribution in [3.8, 4) is 79.2 Å². The fourth-order valence-electron chi connectivity index (χ4n) is 9.99. The Kier molecular flexibility index (Phi) is 9.39. The summed E-state index contributed by atoms with van der Waals surface area (Å²) >= 11 is 0. The monoisotopic (exact) mass is 868 g/mol. The number of benzene rings is 9. The van der Waals surface area contributed by atoms with E-state index in [0.717, 1.165) is 105 Å². The van der Waals surface area contributed by atoms with Crippen molar-refractivity contribution in [2.24, 2.45) is 0 Å². The molecule has 0 aliphatic heterocycles. The van der Waals surface area contributed by atoms with Crippen molar-refractivity contribution in [1.29, 1.82) is 0 Å². The highest BCUT2D eigenvalue weighted by molar-refractivity contribution is 6.33. The minimum atomic E-state index is 0.516. The minimum Gasteiger partial charge on any atom is -0.292 e. The summed E-state index contributed by atoms with van der Waals surface area (Å²) in [6.45, 7) is 0. The Hall–Kier alpha value is -9.26. The van der Waals surface area contributed by atoms with Gasteiger partial charge in [0.25, 0.3) is 0 Å². The number of aromatic nitrogens is 6. The van der Waals surface area contributed by atoms with Crippen LogP contribution in [0, 0.1) is 0 Å². The summed E-state index contributed by atoms with van der Waals surface area (Å²) in [5.41, 5.74) is 14.5. The summed E-state index contributed by atoms with van der Waals surface area (Å²) in [4.78, 5) is 21.6. The molecule has 0 aliphatic carbocycles. The number of pyridine rings is 1. The summed E-state index contributed by atoms with van der Waals surface area (Å²) in [7, 11) is 0. The van der Waals surface area contributed by atoms with Crippen LogP contribution in [0.1, 0.15) is 0 Å². The molecule has 6 nitrogen and oxygen atoms in total. The van der Waals surface area contributed by atoms with Crippen LogP contribution >= 0.6 is 0 Å². The quantitative estimate of drug-likeness (QED) is 0.153. The van der Waals surface area contributed by atoms with E-state index in [1.54, 1.807) is 0 Å². The zero-order valence-electron chi connectivity index (χ0n) is 36.8. The predicted octanol–water partition coefficient (Wildman–Crippen LogP) is 15.5. The summed E-state index contributed by atoms with van der Waals surface area (Å²) in [6.07, 6.45) is 0. The molecule has 0 amide bonds. The van der Waals surface area contributed by atoms with Crippen LogP contribution in [0.25, 0.3) is 123 Å². The molecule has 0 atom stereocenters. The van der Waals surface area contributed by atoms with Gasteiger partial charge in [-0.1, -0.05) is 218 Å². The molecular formula is C62H40N6. The third-order valence-corrected chi connectivity index (χ3v) is 13.0.